The molecular weight excluding hydrogens is 590 g/mol. The molecule has 3 heterocycles. The fourth-order valence-corrected chi connectivity index (χ4v) is 7.45. The second kappa shape index (κ2) is 9.47. The zero-order valence-electron chi connectivity index (χ0n) is 25.4. The van der Waals surface area contributed by atoms with Gasteiger partial charge < -0.3 is 9.15 Å². The largest absolute Gasteiger partial charge is 0.456 e. The molecule has 0 saturated carbocycles. The molecule has 0 bridgehead atoms. The Hall–Kier alpha value is -6.59. The van der Waals surface area contributed by atoms with Crippen molar-refractivity contribution in [3.05, 3.63) is 140 Å². The fourth-order valence-electron chi connectivity index (χ4n) is 7.45. The monoisotopic (exact) mass is 613 g/mol. The second-order valence-corrected chi connectivity index (χ2v) is 12.4. The number of rotatable bonds is 3. The molecule has 8 aromatic carbocycles. The van der Waals surface area contributed by atoms with Crippen molar-refractivity contribution in [2.75, 3.05) is 0 Å². The van der Waals surface area contributed by atoms with Gasteiger partial charge in [0.25, 0.3) is 0 Å². The minimum absolute atomic E-state index is 0.551. The van der Waals surface area contributed by atoms with Gasteiger partial charge in [0.1, 0.15) is 22.7 Å². The molecule has 0 fully saturated rings. The summed E-state index contributed by atoms with van der Waals surface area (Å²) in [5.41, 5.74) is 4.23. The topological polar surface area (TPSA) is 61.0 Å². The van der Waals surface area contributed by atoms with Crippen molar-refractivity contribution in [2.45, 2.75) is 0 Å². The van der Waals surface area contributed by atoms with Crippen LogP contribution >= 0.6 is 0 Å². The van der Waals surface area contributed by atoms with Gasteiger partial charge in [-0.1, -0.05) is 109 Å². The molecule has 0 atom stereocenters. The van der Waals surface area contributed by atoms with Gasteiger partial charge in [-0.25, -0.2) is 15.0 Å². The summed E-state index contributed by atoms with van der Waals surface area (Å²) in [6.07, 6.45) is 0. The Balaban J connectivity index is 1.22. The van der Waals surface area contributed by atoms with E-state index in [9.17, 15) is 0 Å². The van der Waals surface area contributed by atoms with Gasteiger partial charge in [0, 0.05) is 38.1 Å². The third-order valence-electron chi connectivity index (χ3n) is 9.65. The molecule has 5 nitrogen and oxygen atoms in total. The van der Waals surface area contributed by atoms with E-state index in [1.165, 1.54) is 10.8 Å². The first-order valence-corrected chi connectivity index (χ1v) is 16.0. The van der Waals surface area contributed by atoms with Gasteiger partial charge in [-0.05, 0) is 57.3 Å². The Kier molecular flexibility index (Phi) is 5.05. The van der Waals surface area contributed by atoms with Crippen LogP contribution in [0.3, 0.4) is 0 Å². The van der Waals surface area contributed by atoms with Crippen LogP contribution in [0.15, 0.2) is 144 Å². The minimum Gasteiger partial charge on any atom is -0.456 e. The maximum absolute atomic E-state index is 6.80. The average molecular weight is 614 g/mol. The van der Waals surface area contributed by atoms with E-state index in [1.807, 2.05) is 60.7 Å². The highest BCUT2D eigenvalue weighted by Crippen LogP contribution is 2.50. The first kappa shape index (κ1) is 25.6. The van der Waals surface area contributed by atoms with Gasteiger partial charge in [0.2, 0.25) is 0 Å². The number of nitrogens with zero attached hydrogens (tertiary/aromatic N) is 3. The molecule has 2 aromatic heterocycles. The maximum atomic E-state index is 6.80. The van der Waals surface area contributed by atoms with Crippen LogP contribution in [0.2, 0.25) is 0 Å². The molecule has 48 heavy (non-hydrogen) atoms. The molecule has 0 radical (unpaired) electrons. The summed E-state index contributed by atoms with van der Waals surface area (Å²) in [6, 6.07) is 48.0. The van der Waals surface area contributed by atoms with E-state index in [0.29, 0.717) is 17.5 Å². The molecule has 0 spiro atoms. The highest BCUT2D eigenvalue weighted by atomic mass is 16.5. The Bertz CT molecular complexity index is 2980. The molecule has 11 rings (SSSR count). The van der Waals surface area contributed by atoms with Gasteiger partial charge in [-0.3, -0.25) is 0 Å². The summed E-state index contributed by atoms with van der Waals surface area (Å²) >= 11 is 0. The number of hydrogen-bond donors (Lipinski definition) is 0. The van der Waals surface area contributed by atoms with Crippen LogP contribution in [-0.4, -0.2) is 15.0 Å². The van der Waals surface area contributed by atoms with Crippen LogP contribution in [0.1, 0.15) is 0 Å². The van der Waals surface area contributed by atoms with Crippen molar-refractivity contribution in [1.82, 2.24) is 15.0 Å². The summed E-state index contributed by atoms with van der Waals surface area (Å²) < 4.78 is 13.2. The van der Waals surface area contributed by atoms with Crippen LogP contribution in [0.5, 0.6) is 11.5 Å². The summed E-state index contributed by atoms with van der Waals surface area (Å²) in [6.45, 7) is 0. The lowest BCUT2D eigenvalue weighted by atomic mass is 9.92. The normalized spacial score (nSPS) is 12.3. The fraction of sp³-hybridized carbons (Fsp3) is 0. The van der Waals surface area contributed by atoms with E-state index in [-0.39, 0.29) is 0 Å². The van der Waals surface area contributed by atoms with Crippen molar-refractivity contribution in [2.24, 2.45) is 0 Å². The van der Waals surface area contributed by atoms with E-state index in [1.54, 1.807) is 0 Å². The second-order valence-electron chi connectivity index (χ2n) is 12.4. The van der Waals surface area contributed by atoms with Gasteiger partial charge in [0.05, 0.1) is 5.56 Å². The van der Waals surface area contributed by atoms with Crippen LogP contribution in [0.4, 0.5) is 0 Å². The van der Waals surface area contributed by atoms with Crippen LogP contribution in [-0.2, 0) is 0 Å². The molecule has 1 aliphatic rings. The number of ether oxygens (including phenoxy) is 1. The minimum atomic E-state index is 0.551. The smallest absolute Gasteiger partial charge is 0.167 e. The maximum Gasteiger partial charge on any atom is 0.167 e. The molecule has 1 aliphatic heterocycles. The third-order valence-corrected chi connectivity index (χ3v) is 9.65. The SMILES string of the molecule is c1ccc(-c2nc(-c3ccc4ccc5ccc6cccc7c6c5c4c3O7)nc(-c3cccc4oc5cc6ccccc6cc5c34)n2)cc1. The van der Waals surface area contributed by atoms with Crippen molar-refractivity contribution < 1.29 is 9.15 Å². The quantitative estimate of drug-likeness (QED) is 0.186. The standard InChI is InChI=1S/C43H23N3O2/c1-2-8-27(9-3-1)41-44-42(30-13-7-15-34-39(30)32-22-28-10-4-5-11-29(28)23-35(32)47-34)46-43(45-41)31-21-20-26-19-18-25-17-16-24-12-6-14-33-36(24)37(25)38(26)40(31)48-33/h1-23H. The van der Waals surface area contributed by atoms with E-state index >= 15 is 0 Å². The molecular formula is C43H23N3O2. The highest BCUT2D eigenvalue weighted by molar-refractivity contribution is 6.26. The third kappa shape index (κ3) is 3.58. The summed E-state index contributed by atoms with van der Waals surface area (Å²) in [7, 11) is 0. The Morgan fingerprint density at radius 3 is 1.88 bits per heavy atom. The lowest BCUT2D eigenvalue weighted by Crippen LogP contribution is -2.03. The lowest BCUT2D eigenvalue weighted by Gasteiger charge is -2.22. The molecule has 0 aliphatic carbocycles. The molecule has 0 saturated heterocycles. The Morgan fingerprint density at radius 1 is 0.396 bits per heavy atom. The van der Waals surface area contributed by atoms with Crippen LogP contribution in [0, 0.1) is 0 Å². The van der Waals surface area contributed by atoms with Gasteiger partial charge in [-0.2, -0.15) is 0 Å². The highest BCUT2D eigenvalue weighted by Gasteiger charge is 2.25. The predicted molar refractivity (Wildman–Crippen MR) is 194 cm³/mol. The van der Waals surface area contributed by atoms with Crippen molar-refractivity contribution in [3.63, 3.8) is 0 Å². The lowest BCUT2D eigenvalue weighted by molar-refractivity contribution is 0.494. The number of aromatic nitrogens is 3. The summed E-state index contributed by atoms with van der Waals surface area (Å²) in [5, 5.41) is 11.2. The van der Waals surface area contributed by atoms with Gasteiger partial charge in [-0.15, -0.1) is 0 Å². The first-order chi connectivity index (χ1) is 23.8. The molecule has 222 valence electrons. The summed E-state index contributed by atoms with van der Waals surface area (Å²) in [5.74, 6) is 3.32. The van der Waals surface area contributed by atoms with E-state index < -0.39 is 0 Å². The number of hydrogen-bond acceptors (Lipinski definition) is 5. The van der Waals surface area contributed by atoms with Crippen molar-refractivity contribution in [1.29, 1.82) is 0 Å². The Morgan fingerprint density at radius 2 is 1.04 bits per heavy atom. The number of benzene rings is 8. The van der Waals surface area contributed by atoms with Crippen LogP contribution in [0.25, 0.3) is 99.2 Å². The van der Waals surface area contributed by atoms with E-state index in [2.05, 4.69) is 78.9 Å². The van der Waals surface area contributed by atoms with E-state index in [4.69, 9.17) is 24.1 Å². The van der Waals surface area contributed by atoms with Crippen LogP contribution < -0.4 is 4.74 Å². The zero-order chi connectivity index (χ0) is 31.3. The molecule has 5 heteroatoms. The van der Waals surface area contributed by atoms with Crippen molar-refractivity contribution in [3.8, 4) is 45.7 Å². The van der Waals surface area contributed by atoms with E-state index in [0.717, 1.165) is 82.4 Å². The zero-order valence-corrected chi connectivity index (χ0v) is 25.4. The number of furan rings is 1. The molecule has 0 N–H and O–H groups in total. The number of fused-ring (bicyclic) bond motifs is 4. The molecule has 10 aromatic rings. The van der Waals surface area contributed by atoms with Gasteiger partial charge in [0.15, 0.2) is 17.5 Å². The molecule has 0 unspecified atom stereocenters. The average Bonchev–Trinajstić information content (AvgIpc) is 3.51. The summed E-state index contributed by atoms with van der Waals surface area (Å²) in [4.78, 5) is 15.4. The first-order valence-electron chi connectivity index (χ1n) is 16.0. The Labute approximate surface area is 273 Å². The predicted octanol–water partition coefficient (Wildman–Crippen LogP) is 11.5. The van der Waals surface area contributed by atoms with Gasteiger partial charge >= 0.3 is 0 Å². The molecule has 0 amide bonds. The van der Waals surface area contributed by atoms with Crippen molar-refractivity contribution >= 4 is 65.0 Å².